The van der Waals surface area contributed by atoms with Crippen molar-refractivity contribution in [2.24, 2.45) is 0 Å². The number of carbonyl (C=O) groups is 1. The Bertz CT molecular complexity index is 296. The maximum absolute atomic E-state index is 11.4. The van der Waals surface area contributed by atoms with Crippen LogP contribution >= 0.6 is 12.4 Å². The Balaban J connectivity index is 0.00000112. The summed E-state index contributed by atoms with van der Waals surface area (Å²) in [6, 6.07) is 0.293. The Morgan fingerprint density at radius 3 is 3.07 bits per heavy atom. The van der Waals surface area contributed by atoms with Crippen molar-refractivity contribution in [3.8, 4) is 0 Å². The molecule has 2 rings (SSSR count). The number of hydrogen-bond acceptors (Lipinski definition) is 5. The van der Waals surface area contributed by atoms with Crippen molar-refractivity contribution in [1.82, 2.24) is 25.9 Å². The number of tetrazole rings is 1. The van der Waals surface area contributed by atoms with Crippen LogP contribution in [0.4, 0.5) is 5.95 Å². The van der Waals surface area contributed by atoms with Gasteiger partial charge in [-0.3, -0.25) is 10.1 Å². The van der Waals surface area contributed by atoms with Crippen LogP contribution < -0.4 is 10.6 Å². The third-order valence-corrected chi connectivity index (χ3v) is 2.19. The highest BCUT2D eigenvalue weighted by Crippen LogP contribution is 2.09. The van der Waals surface area contributed by atoms with E-state index in [1.807, 2.05) is 0 Å². The number of aromatic amines is 1. The first-order chi connectivity index (χ1) is 6.84. The maximum atomic E-state index is 11.4. The number of nitrogens with one attached hydrogen (secondary N) is 3. The van der Waals surface area contributed by atoms with Crippen LogP contribution in [0.15, 0.2) is 0 Å². The van der Waals surface area contributed by atoms with Crippen molar-refractivity contribution in [1.29, 1.82) is 0 Å². The third kappa shape index (κ3) is 3.45. The molecular weight excluding hydrogens is 220 g/mol. The van der Waals surface area contributed by atoms with Crippen LogP contribution in [-0.2, 0) is 4.79 Å². The predicted molar refractivity (Wildman–Crippen MR) is 55.7 cm³/mol. The molecule has 1 atom stereocenters. The van der Waals surface area contributed by atoms with Gasteiger partial charge in [0.15, 0.2) is 0 Å². The van der Waals surface area contributed by atoms with Gasteiger partial charge in [-0.25, -0.2) is 0 Å². The monoisotopic (exact) mass is 232 g/mol. The van der Waals surface area contributed by atoms with Crippen molar-refractivity contribution in [2.45, 2.75) is 25.3 Å². The minimum atomic E-state index is -0.0780. The lowest BCUT2D eigenvalue weighted by atomic mass is 10.1. The first-order valence-corrected chi connectivity index (χ1v) is 4.61. The highest BCUT2D eigenvalue weighted by atomic mass is 35.5. The maximum Gasteiger partial charge on any atom is 0.269 e. The standard InChI is InChI=1S/C7H12N6O.ClH/c14-6(4-5-2-1-3-8-5)9-7-10-12-13-11-7;/h5,8H,1-4H2,(H2,9,10,11,12,13,14);1H. The summed E-state index contributed by atoms with van der Waals surface area (Å²) in [5.74, 6) is 0.152. The predicted octanol–water partition coefficient (Wildman–Crippen LogP) is -0.298. The summed E-state index contributed by atoms with van der Waals surface area (Å²) in [5.41, 5.74) is 0. The van der Waals surface area contributed by atoms with Crippen LogP contribution in [0.5, 0.6) is 0 Å². The molecule has 0 radical (unpaired) electrons. The van der Waals surface area contributed by atoms with E-state index in [9.17, 15) is 4.79 Å². The number of amides is 1. The fraction of sp³-hybridized carbons (Fsp3) is 0.714. The van der Waals surface area contributed by atoms with Crippen molar-refractivity contribution in [3.05, 3.63) is 0 Å². The van der Waals surface area contributed by atoms with E-state index in [4.69, 9.17) is 0 Å². The van der Waals surface area contributed by atoms with Gasteiger partial charge in [-0.15, -0.1) is 17.5 Å². The second-order valence-corrected chi connectivity index (χ2v) is 3.28. The van der Waals surface area contributed by atoms with E-state index in [1.165, 1.54) is 0 Å². The van der Waals surface area contributed by atoms with Gasteiger partial charge in [0.1, 0.15) is 0 Å². The quantitative estimate of drug-likeness (QED) is 0.665. The zero-order valence-electron chi connectivity index (χ0n) is 8.06. The Labute approximate surface area is 92.8 Å². The van der Waals surface area contributed by atoms with E-state index in [-0.39, 0.29) is 24.3 Å². The lowest BCUT2D eigenvalue weighted by Crippen LogP contribution is -2.27. The first-order valence-electron chi connectivity index (χ1n) is 4.61. The van der Waals surface area contributed by atoms with Gasteiger partial charge in [0.05, 0.1) is 0 Å². The van der Waals surface area contributed by atoms with Crippen molar-refractivity contribution in [2.75, 3.05) is 11.9 Å². The smallest absolute Gasteiger partial charge is 0.269 e. The zero-order chi connectivity index (χ0) is 9.80. The number of aromatic nitrogens is 4. The largest absolute Gasteiger partial charge is 0.313 e. The van der Waals surface area contributed by atoms with Crippen molar-refractivity contribution in [3.63, 3.8) is 0 Å². The highest BCUT2D eigenvalue weighted by Gasteiger charge is 2.18. The Morgan fingerprint density at radius 1 is 1.60 bits per heavy atom. The Morgan fingerprint density at radius 2 is 2.47 bits per heavy atom. The van der Waals surface area contributed by atoms with Crippen LogP contribution in [0.2, 0.25) is 0 Å². The number of H-pyrrole nitrogens is 1. The second-order valence-electron chi connectivity index (χ2n) is 3.28. The number of anilines is 1. The van der Waals surface area contributed by atoms with E-state index in [1.54, 1.807) is 0 Å². The molecule has 8 heteroatoms. The molecule has 1 amide bonds. The van der Waals surface area contributed by atoms with Crippen LogP contribution in [0.3, 0.4) is 0 Å². The van der Waals surface area contributed by atoms with Gasteiger partial charge in [0, 0.05) is 12.5 Å². The molecule has 1 saturated heterocycles. The van der Waals surface area contributed by atoms with Crippen LogP contribution in [0.1, 0.15) is 19.3 Å². The fourth-order valence-electron chi connectivity index (χ4n) is 1.55. The summed E-state index contributed by atoms with van der Waals surface area (Å²) in [5, 5.41) is 18.7. The molecule has 2 heterocycles. The van der Waals surface area contributed by atoms with Crippen LogP contribution in [0.25, 0.3) is 0 Å². The van der Waals surface area contributed by atoms with E-state index < -0.39 is 0 Å². The topological polar surface area (TPSA) is 95.6 Å². The Kier molecular flexibility index (Phi) is 4.44. The number of carbonyl (C=O) groups excluding carboxylic acids is 1. The minimum Gasteiger partial charge on any atom is -0.313 e. The average Bonchev–Trinajstić information content (AvgIpc) is 2.76. The van der Waals surface area contributed by atoms with E-state index in [2.05, 4.69) is 31.3 Å². The van der Waals surface area contributed by atoms with Crippen molar-refractivity contribution >= 4 is 24.3 Å². The second kappa shape index (κ2) is 5.62. The lowest BCUT2D eigenvalue weighted by molar-refractivity contribution is -0.116. The molecule has 7 nitrogen and oxygen atoms in total. The summed E-state index contributed by atoms with van der Waals surface area (Å²) in [6.45, 7) is 1.00. The fourth-order valence-corrected chi connectivity index (χ4v) is 1.55. The molecule has 0 aliphatic carbocycles. The number of nitrogens with zero attached hydrogens (tertiary/aromatic N) is 3. The molecule has 0 bridgehead atoms. The highest BCUT2D eigenvalue weighted by molar-refractivity contribution is 5.89. The lowest BCUT2D eigenvalue weighted by Gasteiger charge is -2.07. The third-order valence-electron chi connectivity index (χ3n) is 2.19. The molecule has 0 spiro atoms. The molecule has 0 saturated carbocycles. The SMILES string of the molecule is Cl.O=C(CC1CCCN1)Nc1nn[nH]n1. The number of halogens is 1. The number of hydrogen-bond donors (Lipinski definition) is 3. The molecule has 1 aromatic rings. The molecule has 1 aliphatic heterocycles. The van der Waals surface area contributed by atoms with Gasteiger partial charge < -0.3 is 5.32 Å². The molecule has 3 N–H and O–H groups in total. The molecule has 15 heavy (non-hydrogen) atoms. The normalized spacial score (nSPS) is 19.6. The van der Waals surface area contributed by atoms with E-state index in [0.717, 1.165) is 19.4 Å². The van der Waals surface area contributed by atoms with Gasteiger partial charge in [-0.2, -0.15) is 5.21 Å². The first kappa shape index (κ1) is 11.9. The van der Waals surface area contributed by atoms with Gasteiger partial charge in [0.2, 0.25) is 5.91 Å². The Hall–Kier alpha value is -1.21. The molecule has 1 aromatic heterocycles. The van der Waals surface area contributed by atoms with Gasteiger partial charge in [0.25, 0.3) is 5.95 Å². The summed E-state index contributed by atoms with van der Waals surface area (Å²) >= 11 is 0. The van der Waals surface area contributed by atoms with Gasteiger partial charge in [-0.1, -0.05) is 5.10 Å². The molecule has 0 aromatic carbocycles. The summed E-state index contributed by atoms with van der Waals surface area (Å²) < 4.78 is 0. The van der Waals surface area contributed by atoms with E-state index in [0.29, 0.717) is 12.5 Å². The summed E-state index contributed by atoms with van der Waals surface area (Å²) in [6.07, 6.45) is 2.66. The molecule has 84 valence electrons. The number of rotatable bonds is 3. The molecule has 1 aliphatic rings. The van der Waals surface area contributed by atoms with Gasteiger partial charge >= 0.3 is 0 Å². The van der Waals surface area contributed by atoms with Gasteiger partial charge in [-0.05, 0) is 24.6 Å². The summed E-state index contributed by atoms with van der Waals surface area (Å²) in [4.78, 5) is 11.4. The molecule has 1 unspecified atom stereocenters. The summed E-state index contributed by atoms with van der Waals surface area (Å²) in [7, 11) is 0. The van der Waals surface area contributed by atoms with E-state index >= 15 is 0 Å². The zero-order valence-corrected chi connectivity index (χ0v) is 8.88. The van der Waals surface area contributed by atoms with Crippen LogP contribution in [0, 0.1) is 0 Å². The van der Waals surface area contributed by atoms with Crippen molar-refractivity contribution < 1.29 is 4.79 Å². The molecule has 1 fully saturated rings. The average molecular weight is 233 g/mol. The molecular formula is C7H13ClN6O. The minimum absolute atomic E-state index is 0. The van der Waals surface area contributed by atoms with Crippen LogP contribution in [-0.4, -0.2) is 39.1 Å².